The number of rotatable bonds is 7. The normalized spacial score (nSPS) is 11.7. The molecule has 0 unspecified atom stereocenters. The maximum atomic E-state index is 12.1. The van der Waals surface area contributed by atoms with Crippen LogP contribution in [0.3, 0.4) is 0 Å². The summed E-state index contributed by atoms with van der Waals surface area (Å²) in [5.41, 5.74) is 3.67. The Morgan fingerprint density at radius 2 is 1.88 bits per heavy atom. The minimum atomic E-state index is -3.31. The van der Waals surface area contributed by atoms with Crippen molar-refractivity contribution in [1.82, 2.24) is 19.4 Å². The molecule has 1 heterocycles. The van der Waals surface area contributed by atoms with Crippen LogP contribution in [0.5, 0.6) is 0 Å². The van der Waals surface area contributed by atoms with Gasteiger partial charge in [-0.2, -0.15) is 5.10 Å². The van der Waals surface area contributed by atoms with Gasteiger partial charge in [-0.05, 0) is 24.1 Å². The van der Waals surface area contributed by atoms with Crippen LogP contribution in [0.2, 0.25) is 0 Å². The third-order valence-corrected chi connectivity index (χ3v) is 5.89. The number of hydrogen-bond acceptors (Lipinski definition) is 4. The van der Waals surface area contributed by atoms with Crippen LogP contribution in [-0.2, 0) is 23.5 Å². The first-order chi connectivity index (χ1) is 11.8. The predicted octanol–water partition coefficient (Wildman–Crippen LogP) is 1.27. The van der Waals surface area contributed by atoms with Gasteiger partial charge in [0, 0.05) is 44.5 Å². The summed E-state index contributed by atoms with van der Waals surface area (Å²) in [6.07, 6.45) is 2.69. The van der Waals surface area contributed by atoms with Gasteiger partial charge in [-0.15, -0.1) is 0 Å². The van der Waals surface area contributed by atoms with Gasteiger partial charge in [-0.3, -0.25) is 9.48 Å². The van der Waals surface area contributed by atoms with Crippen LogP contribution < -0.4 is 5.32 Å². The molecular formula is C17H24N4O3S. The third kappa shape index (κ3) is 4.46. The second-order valence-electron chi connectivity index (χ2n) is 5.91. The van der Waals surface area contributed by atoms with Crippen molar-refractivity contribution in [2.75, 3.05) is 26.4 Å². The van der Waals surface area contributed by atoms with Crippen molar-refractivity contribution >= 4 is 15.9 Å². The minimum absolute atomic E-state index is 0.0731. The summed E-state index contributed by atoms with van der Waals surface area (Å²) in [7, 11) is 1.54. The van der Waals surface area contributed by atoms with E-state index in [1.807, 2.05) is 30.1 Å². The van der Waals surface area contributed by atoms with Gasteiger partial charge in [0.2, 0.25) is 10.0 Å². The number of nitrogens with one attached hydrogen (secondary N) is 1. The van der Waals surface area contributed by atoms with Crippen LogP contribution in [0, 0.1) is 0 Å². The van der Waals surface area contributed by atoms with Crippen LogP contribution in [0.15, 0.2) is 30.5 Å². The predicted molar refractivity (Wildman–Crippen MR) is 97.8 cm³/mol. The Bertz CT molecular complexity index is 839. The molecule has 0 radical (unpaired) electrons. The first kappa shape index (κ1) is 19.1. The molecule has 0 saturated heterocycles. The van der Waals surface area contributed by atoms with Crippen molar-refractivity contribution in [3.8, 4) is 11.1 Å². The van der Waals surface area contributed by atoms with Gasteiger partial charge in [-0.25, -0.2) is 12.7 Å². The molecule has 0 spiro atoms. The van der Waals surface area contributed by atoms with Crippen LogP contribution in [0.25, 0.3) is 11.1 Å². The lowest BCUT2D eigenvalue weighted by Crippen LogP contribution is -2.33. The summed E-state index contributed by atoms with van der Waals surface area (Å²) >= 11 is 0. The zero-order valence-corrected chi connectivity index (χ0v) is 15.8. The van der Waals surface area contributed by atoms with Crippen molar-refractivity contribution in [2.24, 2.45) is 7.05 Å². The van der Waals surface area contributed by atoms with Gasteiger partial charge in [0.05, 0.1) is 11.9 Å². The largest absolute Gasteiger partial charge is 0.351 e. The molecule has 8 heteroatoms. The van der Waals surface area contributed by atoms with Gasteiger partial charge >= 0.3 is 0 Å². The van der Waals surface area contributed by atoms with Crippen LogP contribution in [0.1, 0.15) is 23.0 Å². The maximum Gasteiger partial charge on any atom is 0.251 e. The van der Waals surface area contributed by atoms with Gasteiger partial charge < -0.3 is 5.32 Å². The average molecular weight is 364 g/mol. The smallest absolute Gasteiger partial charge is 0.251 e. The Hall–Kier alpha value is -2.19. The van der Waals surface area contributed by atoms with Crippen molar-refractivity contribution in [3.63, 3.8) is 0 Å². The molecule has 1 aromatic carbocycles. The summed E-state index contributed by atoms with van der Waals surface area (Å²) in [5.74, 6) is -0.415. The second kappa shape index (κ2) is 7.79. The molecule has 0 atom stereocenters. The number of benzene rings is 1. The van der Waals surface area contributed by atoms with E-state index in [1.165, 1.54) is 14.1 Å². The highest BCUT2D eigenvalue weighted by molar-refractivity contribution is 7.89. The first-order valence-corrected chi connectivity index (χ1v) is 9.67. The first-order valence-electron chi connectivity index (χ1n) is 8.06. The fourth-order valence-corrected chi connectivity index (χ4v) is 3.23. The molecule has 25 heavy (non-hydrogen) atoms. The molecule has 1 N–H and O–H groups in total. The highest BCUT2D eigenvalue weighted by atomic mass is 32.2. The van der Waals surface area contributed by atoms with Crippen molar-refractivity contribution in [1.29, 1.82) is 0 Å². The van der Waals surface area contributed by atoms with Gasteiger partial charge in [0.25, 0.3) is 5.91 Å². The highest BCUT2D eigenvalue weighted by Crippen LogP contribution is 2.24. The van der Waals surface area contributed by atoms with E-state index in [0.29, 0.717) is 5.56 Å². The molecule has 0 saturated carbocycles. The summed E-state index contributed by atoms with van der Waals surface area (Å²) in [6, 6.07) is 7.22. The number of hydrogen-bond donors (Lipinski definition) is 1. The lowest BCUT2D eigenvalue weighted by molar-refractivity contribution is 0.0956. The minimum Gasteiger partial charge on any atom is -0.351 e. The number of aryl methyl sites for hydroxylation is 1. The quantitative estimate of drug-likeness (QED) is 0.802. The van der Waals surface area contributed by atoms with Crippen LogP contribution in [0.4, 0.5) is 0 Å². The fraction of sp³-hybridized carbons (Fsp3) is 0.412. The molecule has 0 fully saturated rings. The summed E-state index contributed by atoms with van der Waals surface area (Å²) < 4.78 is 26.4. The number of aromatic nitrogens is 2. The zero-order valence-electron chi connectivity index (χ0n) is 15.0. The van der Waals surface area contributed by atoms with E-state index in [2.05, 4.69) is 17.3 Å². The monoisotopic (exact) mass is 364 g/mol. The summed E-state index contributed by atoms with van der Waals surface area (Å²) in [6.45, 7) is 2.15. The molecule has 0 aliphatic carbocycles. The highest BCUT2D eigenvalue weighted by Gasteiger charge is 2.14. The lowest BCUT2D eigenvalue weighted by Gasteiger charge is -2.11. The number of amides is 1. The van der Waals surface area contributed by atoms with E-state index in [4.69, 9.17) is 0 Å². The molecule has 1 amide bonds. The fourth-order valence-electron chi connectivity index (χ4n) is 2.50. The Morgan fingerprint density at radius 1 is 1.24 bits per heavy atom. The molecule has 136 valence electrons. The van der Waals surface area contributed by atoms with E-state index in [9.17, 15) is 13.2 Å². The van der Waals surface area contributed by atoms with Crippen LogP contribution in [-0.4, -0.2) is 54.8 Å². The van der Waals surface area contributed by atoms with Crippen molar-refractivity contribution in [2.45, 2.75) is 13.3 Å². The molecule has 7 nitrogen and oxygen atoms in total. The molecule has 0 aliphatic rings. The molecular weight excluding hydrogens is 340 g/mol. The Kier molecular flexibility index (Phi) is 5.97. The number of carbonyl (C=O) groups excluding carboxylic acids is 1. The number of sulfonamides is 1. The lowest BCUT2D eigenvalue weighted by atomic mass is 10.0. The maximum absolute atomic E-state index is 12.1. The number of carbonyl (C=O) groups is 1. The van der Waals surface area contributed by atoms with Crippen molar-refractivity contribution < 1.29 is 13.2 Å². The van der Waals surface area contributed by atoms with Crippen LogP contribution >= 0.6 is 0 Å². The van der Waals surface area contributed by atoms with Gasteiger partial charge in [0.1, 0.15) is 0 Å². The molecule has 1 aromatic heterocycles. The molecule has 0 aliphatic heterocycles. The Morgan fingerprint density at radius 3 is 2.44 bits per heavy atom. The van der Waals surface area contributed by atoms with Gasteiger partial charge in [0.15, 0.2) is 0 Å². The topological polar surface area (TPSA) is 84.3 Å². The van der Waals surface area contributed by atoms with E-state index >= 15 is 0 Å². The molecule has 2 aromatic rings. The molecule has 0 bridgehead atoms. The van der Waals surface area contributed by atoms with E-state index in [-0.39, 0.29) is 18.2 Å². The Labute approximate surface area is 148 Å². The second-order valence-corrected chi connectivity index (χ2v) is 8.22. The Balaban J connectivity index is 2.03. The standard InChI is InChI=1S/C17H24N4O3S/c1-5-16-15(12-19-21(16)4)13-6-8-14(9-7-13)17(22)18-10-11-25(23,24)20(2)3/h6-9,12H,5,10-11H2,1-4H3,(H,18,22). The average Bonchev–Trinajstić information content (AvgIpc) is 2.95. The van der Waals surface area contributed by atoms with Crippen molar-refractivity contribution in [3.05, 3.63) is 41.7 Å². The molecule has 2 rings (SSSR count). The summed E-state index contributed by atoms with van der Waals surface area (Å²) in [5, 5.41) is 6.91. The van der Waals surface area contributed by atoms with E-state index in [0.717, 1.165) is 27.5 Å². The number of nitrogens with zero attached hydrogens (tertiary/aromatic N) is 3. The van der Waals surface area contributed by atoms with E-state index in [1.54, 1.807) is 12.1 Å². The van der Waals surface area contributed by atoms with E-state index < -0.39 is 10.0 Å². The third-order valence-electron chi connectivity index (χ3n) is 4.06. The van der Waals surface area contributed by atoms with Gasteiger partial charge in [-0.1, -0.05) is 19.1 Å². The zero-order chi connectivity index (χ0) is 18.6. The summed E-state index contributed by atoms with van der Waals surface area (Å²) in [4.78, 5) is 12.1. The SMILES string of the molecule is CCc1c(-c2ccc(C(=O)NCCS(=O)(=O)N(C)C)cc2)cnn1C.